The van der Waals surface area contributed by atoms with Gasteiger partial charge in [0.25, 0.3) is 5.91 Å². The Kier molecular flexibility index (Phi) is 5.26. The largest absolute Gasteiger partial charge is 0.508 e. The molecule has 30 heavy (non-hydrogen) atoms. The van der Waals surface area contributed by atoms with E-state index in [2.05, 4.69) is 16.0 Å². The van der Waals surface area contributed by atoms with Crippen LogP contribution in [0.5, 0.6) is 5.75 Å². The summed E-state index contributed by atoms with van der Waals surface area (Å²) in [4.78, 5) is 36.4. The molecular formula is C21H20ClN3O5. The average molecular weight is 430 g/mol. The van der Waals surface area contributed by atoms with Crippen molar-refractivity contribution in [2.24, 2.45) is 5.92 Å². The number of aromatic hydroxyl groups is 1. The third kappa shape index (κ3) is 4.04. The third-order valence-electron chi connectivity index (χ3n) is 5.34. The first-order valence-electron chi connectivity index (χ1n) is 9.55. The fourth-order valence-electron chi connectivity index (χ4n) is 3.64. The molecule has 2 aliphatic rings. The molecule has 0 aliphatic heterocycles. The van der Waals surface area contributed by atoms with E-state index in [1.165, 1.54) is 18.2 Å². The quantitative estimate of drug-likeness (QED) is 0.499. The molecule has 1 saturated carbocycles. The van der Waals surface area contributed by atoms with E-state index in [1.807, 2.05) is 0 Å². The number of nitrogens with one attached hydrogen (secondary N) is 3. The molecule has 156 valence electrons. The number of urea groups is 1. The molecule has 0 radical (unpaired) electrons. The molecule has 2 aliphatic carbocycles. The zero-order valence-electron chi connectivity index (χ0n) is 15.8. The van der Waals surface area contributed by atoms with Crippen molar-refractivity contribution < 1.29 is 24.6 Å². The number of hydrogen-bond donors (Lipinski definition) is 5. The predicted octanol–water partition coefficient (Wildman–Crippen LogP) is 3.06. The van der Waals surface area contributed by atoms with Crippen LogP contribution in [0.3, 0.4) is 0 Å². The highest BCUT2D eigenvalue weighted by Gasteiger charge is 2.39. The minimum absolute atomic E-state index is 0.00781. The summed E-state index contributed by atoms with van der Waals surface area (Å²) in [6.45, 7) is 0. The Balaban J connectivity index is 1.51. The van der Waals surface area contributed by atoms with E-state index in [0.717, 1.165) is 12.8 Å². The zero-order chi connectivity index (χ0) is 21.4. The van der Waals surface area contributed by atoms with Crippen molar-refractivity contribution in [2.75, 3.05) is 5.32 Å². The summed E-state index contributed by atoms with van der Waals surface area (Å²) in [7, 11) is 0. The van der Waals surface area contributed by atoms with Gasteiger partial charge in [-0.15, -0.1) is 0 Å². The Morgan fingerprint density at radius 2 is 1.83 bits per heavy atom. The maximum atomic E-state index is 12.8. The number of anilines is 1. The molecule has 4 rings (SSSR count). The fraction of sp³-hybridized carbons (Fsp3) is 0.286. The van der Waals surface area contributed by atoms with Gasteiger partial charge in [-0.25, -0.2) is 4.79 Å². The summed E-state index contributed by atoms with van der Waals surface area (Å²) in [6, 6.07) is 8.35. The molecule has 3 amide bonds. The summed E-state index contributed by atoms with van der Waals surface area (Å²) in [5.41, 5.74) is 1.68. The number of amides is 3. The number of hydrogen-bond acceptors (Lipinski definition) is 4. The highest BCUT2D eigenvalue weighted by Crippen LogP contribution is 2.40. The molecule has 2 aromatic rings. The lowest BCUT2D eigenvalue weighted by atomic mass is 10.00. The summed E-state index contributed by atoms with van der Waals surface area (Å²) >= 11 is 6.25. The molecule has 1 fully saturated rings. The van der Waals surface area contributed by atoms with E-state index in [1.54, 1.807) is 18.2 Å². The minimum atomic E-state index is -1.07. The molecule has 0 saturated heterocycles. The minimum Gasteiger partial charge on any atom is -0.508 e. The maximum Gasteiger partial charge on any atom is 0.319 e. The van der Waals surface area contributed by atoms with Gasteiger partial charge >= 0.3 is 12.0 Å². The Bertz CT molecular complexity index is 1040. The van der Waals surface area contributed by atoms with Crippen LogP contribution in [-0.2, 0) is 11.2 Å². The van der Waals surface area contributed by atoms with E-state index in [9.17, 15) is 24.6 Å². The Labute approximate surface area is 177 Å². The lowest BCUT2D eigenvalue weighted by molar-refractivity contribution is -0.142. The maximum absolute atomic E-state index is 12.8. The van der Waals surface area contributed by atoms with Gasteiger partial charge in [-0.2, -0.15) is 0 Å². The van der Waals surface area contributed by atoms with Crippen LogP contribution in [0.2, 0.25) is 5.02 Å². The lowest BCUT2D eigenvalue weighted by Gasteiger charge is -2.19. The number of carboxylic acids is 1. The molecule has 0 heterocycles. The number of carbonyl (C=O) groups excluding carboxylic acids is 2. The number of carbonyl (C=O) groups is 3. The molecule has 9 heteroatoms. The van der Waals surface area contributed by atoms with E-state index >= 15 is 0 Å². The molecule has 2 unspecified atom stereocenters. The van der Waals surface area contributed by atoms with Crippen LogP contribution in [0.1, 0.15) is 40.4 Å². The van der Waals surface area contributed by atoms with Gasteiger partial charge < -0.3 is 26.2 Å². The van der Waals surface area contributed by atoms with Gasteiger partial charge in [0, 0.05) is 17.3 Å². The first-order valence-corrected chi connectivity index (χ1v) is 9.92. The second-order valence-electron chi connectivity index (χ2n) is 7.51. The van der Waals surface area contributed by atoms with Gasteiger partial charge in [0.15, 0.2) is 0 Å². The monoisotopic (exact) mass is 429 g/mol. The molecule has 0 bridgehead atoms. The number of carboxylic acid groups (broad SMARTS) is 1. The van der Waals surface area contributed by atoms with Crippen LogP contribution >= 0.6 is 11.6 Å². The molecule has 2 atom stereocenters. The van der Waals surface area contributed by atoms with Crippen molar-refractivity contribution in [1.29, 1.82) is 0 Å². The van der Waals surface area contributed by atoms with Crippen LogP contribution < -0.4 is 16.0 Å². The van der Waals surface area contributed by atoms with Gasteiger partial charge in [0.1, 0.15) is 5.75 Å². The second kappa shape index (κ2) is 7.87. The van der Waals surface area contributed by atoms with Crippen LogP contribution in [0.15, 0.2) is 36.4 Å². The first kappa shape index (κ1) is 20.0. The molecule has 0 spiro atoms. The SMILES string of the molecule is O=C(Nc1ccc(C(=O)NC2c3cccc(O)c3CC2C(=O)O)c(Cl)c1)NC1CC1. The van der Waals surface area contributed by atoms with E-state index in [-0.39, 0.29) is 34.8 Å². The zero-order valence-corrected chi connectivity index (χ0v) is 16.6. The molecule has 5 N–H and O–H groups in total. The number of benzene rings is 2. The Morgan fingerprint density at radius 1 is 1.07 bits per heavy atom. The molecule has 2 aromatic carbocycles. The lowest BCUT2D eigenvalue weighted by Crippen LogP contribution is -2.34. The third-order valence-corrected chi connectivity index (χ3v) is 5.65. The predicted molar refractivity (Wildman–Crippen MR) is 110 cm³/mol. The van der Waals surface area contributed by atoms with E-state index in [0.29, 0.717) is 16.8 Å². The van der Waals surface area contributed by atoms with Crippen molar-refractivity contribution in [1.82, 2.24) is 10.6 Å². The number of phenolic OH excluding ortho intramolecular Hbond substituents is 1. The van der Waals surface area contributed by atoms with Gasteiger partial charge in [-0.05, 0) is 49.1 Å². The number of fused-ring (bicyclic) bond motifs is 1. The van der Waals surface area contributed by atoms with Crippen molar-refractivity contribution in [2.45, 2.75) is 31.3 Å². The van der Waals surface area contributed by atoms with Crippen LogP contribution in [-0.4, -0.2) is 34.2 Å². The smallest absolute Gasteiger partial charge is 0.319 e. The van der Waals surface area contributed by atoms with E-state index < -0.39 is 23.8 Å². The van der Waals surface area contributed by atoms with Crippen molar-refractivity contribution >= 4 is 35.2 Å². The summed E-state index contributed by atoms with van der Waals surface area (Å²) in [6.07, 6.45) is 2.05. The van der Waals surface area contributed by atoms with Crippen LogP contribution in [0.25, 0.3) is 0 Å². The first-order chi connectivity index (χ1) is 14.3. The van der Waals surface area contributed by atoms with Crippen molar-refractivity contribution in [3.8, 4) is 5.75 Å². The van der Waals surface area contributed by atoms with Gasteiger partial charge in [0.05, 0.1) is 22.5 Å². The molecule has 8 nitrogen and oxygen atoms in total. The standard InChI is InChI=1S/C21H20ClN3O5/c22-16-8-11(24-21(30)23-10-4-5-10)6-7-13(16)19(27)25-18-12-2-1-3-17(26)14(12)9-15(18)20(28)29/h1-3,6-8,10,15,18,26H,4-5,9H2,(H,25,27)(H,28,29)(H2,23,24,30). The Morgan fingerprint density at radius 3 is 2.50 bits per heavy atom. The highest BCUT2D eigenvalue weighted by atomic mass is 35.5. The summed E-state index contributed by atoms with van der Waals surface area (Å²) in [5, 5.41) is 27.9. The highest BCUT2D eigenvalue weighted by molar-refractivity contribution is 6.34. The van der Waals surface area contributed by atoms with Crippen LogP contribution in [0.4, 0.5) is 10.5 Å². The van der Waals surface area contributed by atoms with Crippen LogP contribution in [0, 0.1) is 5.92 Å². The topological polar surface area (TPSA) is 128 Å². The summed E-state index contributed by atoms with van der Waals surface area (Å²) in [5.74, 6) is -2.50. The second-order valence-corrected chi connectivity index (χ2v) is 7.92. The summed E-state index contributed by atoms with van der Waals surface area (Å²) < 4.78 is 0. The number of phenols is 1. The van der Waals surface area contributed by atoms with Gasteiger partial charge in [-0.1, -0.05) is 23.7 Å². The number of rotatable bonds is 5. The van der Waals surface area contributed by atoms with Crippen molar-refractivity contribution in [3.05, 3.63) is 58.1 Å². The number of halogens is 1. The Hall–Kier alpha value is -3.26. The normalized spacial score (nSPS) is 19.6. The van der Waals surface area contributed by atoms with Gasteiger partial charge in [-0.3, -0.25) is 9.59 Å². The average Bonchev–Trinajstić information content (AvgIpc) is 3.41. The van der Waals surface area contributed by atoms with Gasteiger partial charge in [0.2, 0.25) is 0 Å². The van der Waals surface area contributed by atoms with E-state index in [4.69, 9.17) is 11.6 Å². The molecule has 0 aromatic heterocycles. The fourth-order valence-corrected chi connectivity index (χ4v) is 3.91. The van der Waals surface area contributed by atoms with Crippen molar-refractivity contribution in [3.63, 3.8) is 0 Å². The molecular weight excluding hydrogens is 410 g/mol. The number of aliphatic carboxylic acids is 1.